The molecule has 1 atom stereocenters. The second-order valence-electron chi connectivity index (χ2n) is 9.65. The van der Waals surface area contributed by atoms with Crippen LogP contribution in [0.25, 0.3) is 0 Å². The highest BCUT2D eigenvalue weighted by molar-refractivity contribution is 7.92. The Balaban J connectivity index is 2.06. The molecule has 10 heteroatoms. The Bertz CT molecular complexity index is 1410. The van der Waals surface area contributed by atoms with E-state index in [-0.39, 0.29) is 28.8 Å². The van der Waals surface area contributed by atoms with Crippen LogP contribution in [-0.2, 0) is 26.0 Å². The molecule has 41 heavy (non-hydrogen) atoms. The van der Waals surface area contributed by atoms with Gasteiger partial charge in [-0.05, 0) is 56.5 Å². The van der Waals surface area contributed by atoms with Gasteiger partial charge in [0.1, 0.15) is 24.1 Å². The molecule has 3 rings (SSSR count). The summed E-state index contributed by atoms with van der Waals surface area (Å²) in [5.41, 5.74) is 2.03. The molecule has 0 aliphatic heterocycles. The number of carbonyl (C=O) groups excluding carboxylic acids is 2. The van der Waals surface area contributed by atoms with E-state index in [2.05, 4.69) is 5.32 Å². The molecule has 0 saturated heterocycles. The number of ether oxygens (including phenoxy) is 2. The van der Waals surface area contributed by atoms with Crippen molar-refractivity contribution in [3.05, 3.63) is 83.9 Å². The fourth-order valence-electron chi connectivity index (χ4n) is 4.31. The Morgan fingerprint density at radius 3 is 2.24 bits per heavy atom. The largest absolute Gasteiger partial charge is 0.497 e. The maximum Gasteiger partial charge on any atom is 0.264 e. The molecular weight excluding hydrogens is 542 g/mol. The molecule has 0 spiro atoms. The van der Waals surface area contributed by atoms with Gasteiger partial charge in [0, 0.05) is 19.2 Å². The summed E-state index contributed by atoms with van der Waals surface area (Å²) in [6.45, 7) is 5.59. The average molecular weight is 582 g/mol. The zero-order valence-corrected chi connectivity index (χ0v) is 25.1. The number of hydrogen-bond acceptors (Lipinski definition) is 6. The minimum absolute atomic E-state index is 0.0188. The van der Waals surface area contributed by atoms with E-state index in [1.54, 1.807) is 31.2 Å². The Kier molecular flexibility index (Phi) is 11.2. The molecule has 0 bridgehead atoms. The molecule has 0 unspecified atom stereocenters. The smallest absolute Gasteiger partial charge is 0.264 e. The Labute approximate surface area is 243 Å². The van der Waals surface area contributed by atoms with E-state index < -0.39 is 28.5 Å². The predicted molar refractivity (Wildman–Crippen MR) is 160 cm³/mol. The third-order valence-electron chi connectivity index (χ3n) is 6.74. The minimum Gasteiger partial charge on any atom is -0.497 e. The first-order chi connectivity index (χ1) is 19.6. The second-order valence-corrected chi connectivity index (χ2v) is 11.5. The second kappa shape index (κ2) is 14.5. The first-order valence-electron chi connectivity index (χ1n) is 13.5. The third kappa shape index (κ3) is 8.00. The molecule has 9 nitrogen and oxygen atoms in total. The summed E-state index contributed by atoms with van der Waals surface area (Å²) in [4.78, 5) is 28.4. The van der Waals surface area contributed by atoms with Crippen LogP contribution in [0.2, 0.25) is 0 Å². The van der Waals surface area contributed by atoms with Gasteiger partial charge in [-0.1, -0.05) is 55.0 Å². The molecule has 0 aliphatic carbocycles. The molecule has 3 aromatic rings. The summed E-state index contributed by atoms with van der Waals surface area (Å²) >= 11 is 0. The summed E-state index contributed by atoms with van der Waals surface area (Å²) in [5, 5.41) is 2.84. The van der Waals surface area contributed by atoms with Gasteiger partial charge < -0.3 is 19.7 Å². The van der Waals surface area contributed by atoms with Crippen LogP contribution in [0.4, 0.5) is 5.69 Å². The van der Waals surface area contributed by atoms with Crippen LogP contribution in [0.5, 0.6) is 11.5 Å². The zero-order chi connectivity index (χ0) is 30.0. The molecular formula is C31H39N3O6S. The molecule has 0 aromatic heterocycles. The van der Waals surface area contributed by atoms with Crippen LogP contribution in [0.1, 0.15) is 31.4 Å². The highest BCUT2D eigenvalue weighted by atomic mass is 32.2. The number of carbonyl (C=O) groups is 2. The molecule has 0 heterocycles. The number of sulfonamides is 1. The van der Waals surface area contributed by atoms with Gasteiger partial charge in [0.05, 0.1) is 24.8 Å². The van der Waals surface area contributed by atoms with Gasteiger partial charge in [0.25, 0.3) is 10.0 Å². The number of nitrogens with one attached hydrogen (secondary N) is 1. The van der Waals surface area contributed by atoms with Crippen LogP contribution in [-0.4, -0.2) is 65.0 Å². The van der Waals surface area contributed by atoms with E-state index >= 15 is 0 Å². The number of aryl methyl sites for hydroxylation is 1. The zero-order valence-electron chi connectivity index (χ0n) is 24.3. The average Bonchev–Trinajstić information content (AvgIpc) is 2.98. The van der Waals surface area contributed by atoms with Crippen LogP contribution in [0.3, 0.4) is 0 Å². The molecule has 0 saturated carbocycles. The molecule has 0 fully saturated rings. The van der Waals surface area contributed by atoms with Crippen molar-refractivity contribution in [1.29, 1.82) is 0 Å². The molecule has 0 aliphatic rings. The van der Waals surface area contributed by atoms with E-state index in [1.165, 1.54) is 37.3 Å². The van der Waals surface area contributed by atoms with Crippen molar-refractivity contribution in [1.82, 2.24) is 10.2 Å². The van der Waals surface area contributed by atoms with Crippen molar-refractivity contribution in [3.8, 4) is 11.5 Å². The molecule has 0 radical (unpaired) electrons. The number of amides is 2. The summed E-state index contributed by atoms with van der Waals surface area (Å²) in [6, 6.07) is 19.9. The molecule has 1 N–H and O–H groups in total. The topological polar surface area (TPSA) is 105 Å². The lowest BCUT2D eigenvalue weighted by Crippen LogP contribution is -2.52. The lowest BCUT2D eigenvalue weighted by atomic mass is 10.1. The summed E-state index contributed by atoms with van der Waals surface area (Å²) < 4.78 is 40.0. The van der Waals surface area contributed by atoms with E-state index in [1.807, 2.05) is 44.2 Å². The quantitative estimate of drug-likeness (QED) is 0.306. The minimum atomic E-state index is -4.23. The highest BCUT2D eigenvalue weighted by Gasteiger charge is 2.34. The van der Waals surface area contributed by atoms with Crippen LogP contribution in [0.15, 0.2) is 77.7 Å². The monoisotopic (exact) mass is 581 g/mol. The number of rotatable bonds is 14. The molecule has 220 valence electrons. The maximum atomic E-state index is 14.1. The molecule has 2 amide bonds. The first-order valence-corrected chi connectivity index (χ1v) is 15.0. The lowest BCUT2D eigenvalue weighted by Gasteiger charge is -2.32. The van der Waals surface area contributed by atoms with Crippen LogP contribution in [0, 0.1) is 6.92 Å². The van der Waals surface area contributed by atoms with Gasteiger partial charge in [-0.2, -0.15) is 0 Å². The van der Waals surface area contributed by atoms with Gasteiger partial charge in [0.2, 0.25) is 11.8 Å². The number of nitrogens with zero attached hydrogens (tertiary/aromatic N) is 2. The van der Waals surface area contributed by atoms with Gasteiger partial charge in [-0.25, -0.2) is 8.42 Å². The van der Waals surface area contributed by atoms with E-state index in [0.717, 1.165) is 21.9 Å². The Hall–Kier alpha value is -4.05. The SMILES string of the molecule is CCCNC(=O)[C@@H](C)N(CCc1ccccc1)C(=O)CN(c1cc(OC)ccc1OC)S(=O)(=O)c1ccc(C)cc1. The van der Waals surface area contributed by atoms with Gasteiger partial charge in [-0.3, -0.25) is 13.9 Å². The van der Waals surface area contributed by atoms with E-state index in [0.29, 0.717) is 18.7 Å². The number of hydrogen-bond donors (Lipinski definition) is 1. The van der Waals surface area contributed by atoms with Crippen molar-refractivity contribution >= 4 is 27.5 Å². The lowest BCUT2D eigenvalue weighted by molar-refractivity contribution is -0.138. The number of anilines is 1. The molecule has 3 aromatic carbocycles. The number of methoxy groups -OCH3 is 2. The van der Waals surface area contributed by atoms with Crippen molar-refractivity contribution in [3.63, 3.8) is 0 Å². The Morgan fingerprint density at radius 2 is 1.63 bits per heavy atom. The third-order valence-corrected chi connectivity index (χ3v) is 8.52. The summed E-state index contributed by atoms with van der Waals surface area (Å²) in [7, 11) is -1.34. The van der Waals surface area contributed by atoms with Crippen molar-refractivity contribution in [2.24, 2.45) is 0 Å². The normalized spacial score (nSPS) is 11.8. The van der Waals surface area contributed by atoms with Crippen molar-refractivity contribution in [2.75, 3.05) is 38.2 Å². The Morgan fingerprint density at radius 1 is 0.951 bits per heavy atom. The fraction of sp³-hybridized carbons (Fsp3) is 0.355. The van der Waals surface area contributed by atoms with Gasteiger partial charge in [-0.15, -0.1) is 0 Å². The van der Waals surface area contributed by atoms with Crippen LogP contribution < -0.4 is 19.1 Å². The van der Waals surface area contributed by atoms with Gasteiger partial charge in [0.15, 0.2) is 0 Å². The summed E-state index contributed by atoms with van der Waals surface area (Å²) in [6.07, 6.45) is 1.24. The first kappa shape index (κ1) is 31.5. The van der Waals surface area contributed by atoms with E-state index in [4.69, 9.17) is 9.47 Å². The standard InChI is InChI=1S/C31H39N3O6S/c1-6-19-32-31(36)24(3)33(20-18-25-10-8-7-9-11-25)30(35)22-34(28-21-26(39-4)14-17-29(28)40-5)41(37,38)27-15-12-23(2)13-16-27/h7-17,21,24H,6,18-20,22H2,1-5H3,(H,32,36)/t24-/m1/s1. The number of benzene rings is 3. The predicted octanol–water partition coefficient (Wildman–Crippen LogP) is 4.19. The van der Waals surface area contributed by atoms with Crippen molar-refractivity contribution in [2.45, 2.75) is 44.6 Å². The fourth-order valence-corrected chi connectivity index (χ4v) is 5.72. The van der Waals surface area contributed by atoms with E-state index in [9.17, 15) is 18.0 Å². The maximum absolute atomic E-state index is 14.1. The highest BCUT2D eigenvalue weighted by Crippen LogP contribution is 2.36. The van der Waals surface area contributed by atoms with Crippen LogP contribution >= 0.6 is 0 Å². The van der Waals surface area contributed by atoms with Gasteiger partial charge >= 0.3 is 0 Å². The summed E-state index contributed by atoms with van der Waals surface area (Å²) in [5.74, 6) is -0.190. The van der Waals surface area contributed by atoms with Crippen molar-refractivity contribution < 1.29 is 27.5 Å².